The van der Waals surface area contributed by atoms with Gasteiger partial charge in [0.25, 0.3) is 0 Å². The van der Waals surface area contributed by atoms with Gasteiger partial charge in [0.15, 0.2) is 0 Å². The maximum absolute atomic E-state index is 5.86. The smallest absolute Gasteiger partial charge is 0.207 e. The number of ether oxygens (including phenoxy) is 1. The predicted octanol–water partition coefficient (Wildman–Crippen LogP) is 3.68. The molecule has 0 spiro atoms. The van der Waals surface area contributed by atoms with Crippen LogP contribution in [0.15, 0.2) is 0 Å². The SMILES string of the molecule is CCC1CCCC(OCc2nnc(Cl)s2)C1. The van der Waals surface area contributed by atoms with Gasteiger partial charge in [0.2, 0.25) is 4.47 Å². The summed E-state index contributed by atoms with van der Waals surface area (Å²) in [6.07, 6.45) is 6.71. The van der Waals surface area contributed by atoms with E-state index in [2.05, 4.69) is 17.1 Å². The van der Waals surface area contributed by atoms with Gasteiger partial charge >= 0.3 is 0 Å². The first-order chi connectivity index (χ1) is 7.78. The van der Waals surface area contributed by atoms with Gasteiger partial charge in [-0.25, -0.2) is 0 Å². The Balaban J connectivity index is 1.77. The highest BCUT2D eigenvalue weighted by atomic mass is 35.5. The van der Waals surface area contributed by atoms with Crippen molar-refractivity contribution in [3.63, 3.8) is 0 Å². The van der Waals surface area contributed by atoms with Gasteiger partial charge in [0.1, 0.15) is 11.6 Å². The van der Waals surface area contributed by atoms with Crippen molar-refractivity contribution < 1.29 is 4.74 Å². The standard InChI is InChI=1S/C11H17ClN2OS/c1-2-8-4-3-5-9(6-8)15-7-10-13-14-11(12)16-10/h8-9H,2-7H2,1H3. The van der Waals surface area contributed by atoms with Gasteiger partial charge in [-0.2, -0.15) is 0 Å². The summed E-state index contributed by atoms with van der Waals surface area (Å²) >= 11 is 7.12. The van der Waals surface area contributed by atoms with Gasteiger partial charge in [-0.05, 0) is 30.4 Å². The number of hydrogen-bond acceptors (Lipinski definition) is 4. The summed E-state index contributed by atoms with van der Waals surface area (Å²) in [5, 5.41) is 8.59. The molecule has 1 fully saturated rings. The molecule has 1 aliphatic rings. The third-order valence-corrected chi connectivity index (χ3v) is 4.19. The lowest BCUT2D eigenvalue weighted by atomic mass is 9.85. The summed E-state index contributed by atoms with van der Waals surface area (Å²) in [6.45, 7) is 2.82. The zero-order chi connectivity index (χ0) is 11.4. The van der Waals surface area contributed by atoms with E-state index in [1.165, 1.54) is 43.4 Å². The molecular formula is C11H17ClN2OS. The monoisotopic (exact) mass is 260 g/mol. The van der Waals surface area contributed by atoms with E-state index in [0.717, 1.165) is 10.9 Å². The average Bonchev–Trinajstić information content (AvgIpc) is 2.73. The van der Waals surface area contributed by atoms with Gasteiger partial charge in [-0.15, -0.1) is 10.2 Å². The number of hydrogen-bond donors (Lipinski definition) is 0. The van der Waals surface area contributed by atoms with E-state index in [4.69, 9.17) is 16.3 Å². The molecule has 0 radical (unpaired) electrons. The highest BCUT2D eigenvalue weighted by Gasteiger charge is 2.21. The Morgan fingerprint density at radius 3 is 3.00 bits per heavy atom. The normalized spacial score (nSPS) is 25.9. The lowest BCUT2D eigenvalue weighted by Gasteiger charge is -2.28. The van der Waals surface area contributed by atoms with Crippen LogP contribution in [0.25, 0.3) is 0 Å². The lowest BCUT2D eigenvalue weighted by molar-refractivity contribution is 0.00150. The first-order valence-corrected chi connectivity index (χ1v) is 7.07. The van der Waals surface area contributed by atoms with Crippen LogP contribution in [0.3, 0.4) is 0 Å². The zero-order valence-corrected chi connectivity index (χ0v) is 11.1. The Labute approximate surface area is 105 Å². The van der Waals surface area contributed by atoms with Gasteiger partial charge < -0.3 is 4.74 Å². The fourth-order valence-electron chi connectivity index (χ4n) is 2.24. The van der Waals surface area contributed by atoms with Crippen LogP contribution in [0.1, 0.15) is 44.0 Å². The average molecular weight is 261 g/mol. The molecular weight excluding hydrogens is 244 g/mol. The summed E-state index contributed by atoms with van der Waals surface area (Å²) in [5.74, 6) is 0.844. The third-order valence-electron chi connectivity index (χ3n) is 3.20. The van der Waals surface area contributed by atoms with Gasteiger partial charge in [0.05, 0.1) is 6.10 Å². The predicted molar refractivity (Wildman–Crippen MR) is 65.7 cm³/mol. The Kier molecular flexibility index (Phi) is 4.55. The molecule has 0 amide bonds. The fraction of sp³-hybridized carbons (Fsp3) is 0.818. The number of aromatic nitrogens is 2. The van der Waals surface area contributed by atoms with E-state index in [0.29, 0.717) is 17.2 Å². The second kappa shape index (κ2) is 5.94. The minimum absolute atomic E-state index is 0.404. The molecule has 1 saturated carbocycles. The van der Waals surface area contributed by atoms with Crippen LogP contribution in [0.4, 0.5) is 0 Å². The van der Waals surface area contributed by atoms with Crippen molar-refractivity contribution in [3.8, 4) is 0 Å². The van der Waals surface area contributed by atoms with Gasteiger partial charge in [-0.1, -0.05) is 37.5 Å². The van der Waals surface area contributed by atoms with Crippen molar-refractivity contribution in [2.24, 2.45) is 5.92 Å². The molecule has 1 aliphatic carbocycles. The number of halogens is 1. The Morgan fingerprint density at radius 1 is 1.44 bits per heavy atom. The van der Waals surface area contributed by atoms with Crippen LogP contribution < -0.4 is 0 Å². The second-order valence-corrected chi connectivity index (χ2v) is 5.97. The largest absolute Gasteiger partial charge is 0.371 e. The molecule has 0 N–H and O–H groups in total. The molecule has 0 bridgehead atoms. The lowest BCUT2D eigenvalue weighted by Crippen LogP contribution is -2.22. The van der Waals surface area contributed by atoms with Crippen LogP contribution >= 0.6 is 22.9 Å². The number of rotatable bonds is 4. The fourth-order valence-corrected chi connectivity index (χ4v) is 3.03. The molecule has 1 aromatic heterocycles. The molecule has 2 unspecified atom stereocenters. The first-order valence-electron chi connectivity index (χ1n) is 5.87. The quantitative estimate of drug-likeness (QED) is 0.828. The Bertz CT molecular complexity index is 332. The maximum Gasteiger partial charge on any atom is 0.207 e. The summed E-state index contributed by atoms with van der Waals surface area (Å²) in [4.78, 5) is 0. The Hall–Kier alpha value is -0.190. The highest BCUT2D eigenvalue weighted by Crippen LogP contribution is 2.29. The van der Waals surface area contributed by atoms with Crippen LogP contribution in [0, 0.1) is 5.92 Å². The van der Waals surface area contributed by atoms with Crippen LogP contribution in [0.2, 0.25) is 4.47 Å². The van der Waals surface area contributed by atoms with E-state index < -0.39 is 0 Å². The van der Waals surface area contributed by atoms with Gasteiger partial charge in [0, 0.05) is 0 Å². The van der Waals surface area contributed by atoms with Crippen LogP contribution in [-0.4, -0.2) is 16.3 Å². The van der Waals surface area contributed by atoms with E-state index in [-0.39, 0.29) is 0 Å². The molecule has 2 rings (SSSR count). The van der Waals surface area contributed by atoms with Crippen LogP contribution in [0.5, 0.6) is 0 Å². The molecule has 1 aromatic rings. The molecule has 5 heteroatoms. The minimum atomic E-state index is 0.404. The summed E-state index contributed by atoms with van der Waals surface area (Å²) in [5.41, 5.74) is 0. The van der Waals surface area contributed by atoms with Crippen molar-refractivity contribution >= 4 is 22.9 Å². The summed E-state index contributed by atoms with van der Waals surface area (Å²) in [6, 6.07) is 0. The van der Waals surface area contributed by atoms with Crippen molar-refractivity contribution in [3.05, 3.63) is 9.47 Å². The molecule has 2 atom stereocenters. The molecule has 0 saturated heterocycles. The minimum Gasteiger partial charge on any atom is -0.371 e. The van der Waals surface area contributed by atoms with E-state index in [1.54, 1.807) is 0 Å². The van der Waals surface area contributed by atoms with Crippen molar-refractivity contribution in [1.29, 1.82) is 0 Å². The topological polar surface area (TPSA) is 35.0 Å². The van der Waals surface area contributed by atoms with Gasteiger partial charge in [-0.3, -0.25) is 0 Å². The summed E-state index contributed by atoms with van der Waals surface area (Å²) in [7, 11) is 0. The third kappa shape index (κ3) is 3.40. The van der Waals surface area contributed by atoms with E-state index in [9.17, 15) is 0 Å². The molecule has 1 heterocycles. The molecule has 0 aromatic carbocycles. The molecule has 0 aliphatic heterocycles. The highest BCUT2D eigenvalue weighted by molar-refractivity contribution is 7.15. The van der Waals surface area contributed by atoms with Crippen LogP contribution in [-0.2, 0) is 11.3 Å². The van der Waals surface area contributed by atoms with Crippen molar-refractivity contribution in [2.75, 3.05) is 0 Å². The van der Waals surface area contributed by atoms with Crippen molar-refractivity contribution in [1.82, 2.24) is 10.2 Å². The second-order valence-electron chi connectivity index (χ2n) is 4.32. The summed E-state index contributed by atoms with van der Waals surface area (Å²) < 4.78 is 6.36. The van der Waals surface area contributed by atoms with Crippen molar-refractivity contribution in [2.45, 2.75) is 51.7 Å². The van der Waals surface area contributed by atoms with E-state index in [1.807, 2.05) is 0 Å². The first kappa shape index (κ1) is 12.3. The zero-order valence-electron chi connectivity index (χ0n) is 9.49. The van der Waals surface area contributed by atoms with E-state index >= 15 is 0 Å². The molecule has 90 valence electrons. The Morgan fingerprint density at radius 2 is 2.31 bits per heavy atom. The molecule has 16 heavy (non-hydrogen) atoms. The number of nitrogens with zero attached hydrogens (tertiary/aromatic N) is 2. The maximum atomic E-state index is 5.86. The molecule has 3 nitrogen and oxygen atoms in total.